The molecular weight excluding hydrogens is 432 g/mol. The number of nitrogens with two attached hydrogens (primary N) is 1. The van der Waals surface area contributed by atoms with Gasteiger partial charge in [0.1, 0.15) is 17.4 Å². The fraction of sp³-hybridized carbons (Fsp3) is 0.136. The van der Waals surface area contributed by atoms with Crippen molar-refractivity contribution in [3.05, 3.63) is 104 Å². The van der Waals surface area contributed by atoms with Gasteiger partial charge < -0.3 is 15.0 Å². The number of nitrogens with zero attached hydrogens (tertiary/aromatic N) is 3. The van der Waals surface area contributed by atoms with Crippen molar-refractivity contribution in [1.29, 1.82) is 5.26 Å². The second-order valence-corrected chi connectivity index (χ2v) is 7.67. The van der Waals surface area contributed by atoms with E-state index in [1.165, 1.54) is 0 Å². The van der Waals surface area contributed by atoms with Crippen LogP contribution in [0.2, 0.25) is 0 Å². The van der Waals surface area contributed by atoms with E-state index in [-0.39, 0.29) is 17.0 Å². The highest BCUT2D eigenvalue weighted by Crippen LogP contribution is 2.41. The van der Waals surface area contributed by atoms with Gasteiger partial charge in [0.2, 0.25) is 5.88 Å². The molecule has 0 radical (unpaired) electrons. The molecule has 0 aliphatic carbocycles. The Kier molecular flexibility index (Phi) is 4.95. The molecule has 29 heavy (non-hydrogen) atoms. The van der Waals surface area contributed by atoms with Crippen molar-refractivity contribution in [3.63, 3.8) is 0 Å². The topological polar surface area (TPSA) is 93.9 Å². The average Bonchev–Trinajstić information content (AvgIpc) is 2.71. The summed E-state index contributed by atoms with van der Waals surface area (Å²) in [5.41, 5.74) is 8.71. The van der Waals surface area contributed by atoms with E-state index in [2.05, 4.69) is 27.0 Å². The predicted molar refractivity (Wildman–Crippen MR) is 112 cm³/mol. The van der Waals surface area contributed by atoms with Gasteiger partial charge in [-0.3, -0.25) is 9.78 Å². The number of benzene rings is 1. The van der Waals surface area contributed by atoms with Gasteiger partial charge >= 0.3 is 0 Å². The van der Waals surface area contributed by atoms with Crippen LogP contribution in [0.3, 0.4) is 0 Å². The lowest BCUT2D eigenvalue weighted by Gasteiger charge is -2.27. The third-order valence-corrected chi connectivity index (χ3v) is 5.41. The number of ether oxygens (including phenoxy) is 1. The number of nitriles is 1. The van der Waals surface area contributed by atoms with E-state index in [9.17, 15) is 10.1 Å². The molecule has 0 amide bonds. The van der Waals surface area contributed by atoms with E-state index in [0.717, 1.165) is 21.4 Å². The minimum atomic E-state index is -0.607. The van der Waals surface area contributed by atoms with Crippen LogP contribution in [0.15, 0.2) is 75.5 Å². The largest absolute Gasteiger partial charge is 0.440 e. The minimum Gasteiger partial charge on any atom is -0.440 e. The first-order chi connectivity index (χ1) is 14.0. The summed E-state index contributed by atoms with van der Waals surface area (Å²) in [6, 6.07) is 17.0. The molecule has 2 aromatic heterocycles. The van der Waals surface area contributed by atoms with Gasteiger partial charge in [0.25, 0.3) is 5.56 Å². The molecule has 0 saturated heterocycles. The number of halogens is 1. The van der Waals surface area contributed by atoms with Crippen LogP contribution in [-0.4, -0.2) is 9.55 Å². The fourth-order valence-electron chi connectivity index (χ4n) is 3.56. The molecule has 7 heteroatoms. The van der Waals surface area contributed by atoms with Crippen LogP contribution in [-0.2, 0) is 6.54 Å². The summed E-state index contributed by atoms with van der Waals surface area (Å²) in [6.07, 6.45) is 1.69. The van der Waals surface area contributed by atoms with E-state index in [0.29, 0.717) is 17.9 Å². The molecule has 4 rings (SSSR count). The van der Waals surface area contributed by atoms with Gasteiger partial charge in [-0.05, 0) is 36.8 Å². The molecule has 0 unspecified atom stereocenters. The van der Waals surface area contributed by atoms with E-state index < -0.39 is 5.92 Å². The molecule has 0 bridgehead atoms. The molecule has 1 aliphatic rings. The summed E-state index contributed by atoms with van der Waals surface area (Å²) in [5.74, 6) is -0.207. The van der Waals surface area contributed by atoms with Crippen molar-refractivity contribution in [1.82, 2.24) is 9.55 Å². The molecule has 2 N–H and O–H groups in total. The van der Waals surface area contributed by atoms with Crippen LogP contribution >= 0.6 is 15.9 Å². The Morgan fingerprint density at radius 2 is 2.10 bits per heavy atom. The Bertz CT molecular complexity index is 1230. The number of hydrogen-bond donors (Lipinski definition) is 1. The summed E-state index contributed by atoms with van der Waals surface area (Å²) in [4.78, 5) is 17.9. The molecule has 0 saturated carbocycles. The molecule has 6 nitrogen and oxygen atoms in total. The van der Waals surface area contributed by atoms with Crippen LogP contribution in [0, 0.1) is 18.3 Å². The Morgan fingerprint density at radius 1 is 1.28 bits per heavy atom. The van der Waals surface area contributed by atoms with Crippen molar-refractivity contribution in [2.75, 3.05) is 0 Å². The van der Waals surface area contributed by atoms with Crippen LogP contribution < -0.4 is 16.0 Å². The van der Waals surface area contributed by atoms with Crippen molar-refractivity contribution in [3.8, 4) is 11.8 Å². The first kappa shape index (κ1) is 19.0. The minimum absolute atomic E-state index is 0.0197. The Labute approximate surface area is 176 Å². The number of allylic oxidation sites excluding steroid dienone is 1. The number of hydrogen-bond acceptors (Lipinski definition) is 5. The molecule has 0 spiro atoms. The Morgan fingerprint density at radius 3 is 2.79 bits per heavy atom. The monoisotopic (exact) mass is 448 g/mol. The fourth-order valence-corrected chi connectivity index (χ4v) is 3.97. The van der Waals surface area contributed by atoms with Gasteiger partial charge in [0.05, 0.1) is 23.7 Å². The van der Waals surface area contributed by atoms with E-state index in [4.69, 9.17) is 10.5 Å². The van der Waals surface area contributed by atoms with Crippen LogP contribution in [0.4, 0.5) is 0 Å². The molecule has 0 fully saturated rings. The van der Waals surface area contributed by atoms with Gasteiger partial charge in [-0.1, -0.05) is 34.1 Å². The predicted octanol–water partition coefficient (Wildman–Crippen LogP) is 3.58. The average molecular weight is 449 g/mol. The van der Waals surface area contributed by atoms with Crippen LogP contribution in [0.25, 0.3) is 0 Å². The maximum absolute atomic E-state index is 13.5. The lowest BCUT2D eigenvalue weighted by molar-refractivity contribution is 0.389. The smallest absolute Gasteiger partial charge is 0.259 e. The standard InChI is InChI=1S/C22H17BrN4O2/c1-13-9-18-20(22(28)27(13)12-16-7-2-3-8-26-16)19(17(11-24)21(25)29-18)14-5-4-6-15(23)10-14/h2-10,19H,12,25H2,1H3/t19-/m1/s1. The summed E-state index contributed by atoms with van der Waals surface area (Å²) < 4.78 is 8.17. The normalized spacial score (nSPS) is 15.4. The third kappa shape index (κ3) is 3.43. The Hall–Kier alpha value is -3.37. The number of fused-ring (bicyclic) bond motifs is 1. The zero-order valence-electron chi connectivity index (χ0n) is 15.6. The van der Waals surface area contributed by atoms with Crippen LogP contribution in [0.5, 0.6) is 5.75 Å². The molecular formula is C22H17BrN4O2. The number of aryl methyl sites for hydroxylation is 1. The zero-order chi connectivity index (χ0) is 20.5. The SMILES string of the molecule is Cc1cc2c(c(=O)n1Cc1ccccn1)[C@H](c1cccc(Br)c1)C(C#N)=C(N)O2. The third-order valence-electron chi connectivity index (χ3n) is 4.92. The number of aromatic nitrogens is 2. The molecule has 3 aromatic rings. The molecule has 1 aliphatic heterocycles. The second-order valence-electron chi connectivity index (χ2n) is 6.76. The summed E-state index contributed by atoms with van der Waals surface area (Å²) in [6.45, 7) is 2.16. The van der Waals surface area contributed by atoms with Gasteiger partial charge in [0, 0.05) is 22.4 Å². The summed E-state index contributed by atoms with van der Waals surface area (Å²) in [5, 5.41) is 9.74. The molecule has 3 heterocycles. The van der Waals surface area contributed by atoms with Crippen molar-refractivity contribution in [2.45, 2.75) is 19.4 Å². The second kappa shape index (κ2) is 7.57. The van der Waals surface area contributed by atoms with Gasteiger partial charge in [-0.25, -0.2) is 0 Å². The maximum atomic E-state index is 13.5. The Balaban J connectivity index is 1.94. The molecule has 1 atom stereocenters. The van der Waals surface area contributed by atoms with Gasteiger partial charge in [0.15, 0.2) is 0 Å². The highest BCUT2D eigenvalue weighted by molar-refractivity contribution is 9.10. The summed E-state index contributed by atoms with van der Waals surface area (Å²) in [7, 11) is 0. The van der Waals surface area contributed by atoms with Crippen molar-refractivity contribution >= 4 is 15.9 Å². The van der Waals surface area contributed by atoms with Crippen molar-refractivity contribution < 1.29 is 4.74 Å². The maximum Gasteiger partial charge on any atom is 0.259 e. The van der Waals surface area contributed by atoms with Gasteiger partial charge in [-0.15, -0.1) is 0 Å². The van der Waals surface area contributed by atoms with Crippen LogP contribution in [0.1, 0.15) is 28.4 Å². The molecule has 1 aromatic carbocycles. The number of rotatable bonds is 3. The molecule has 144 valence electrons. The van der Waals surface area contributed by atoms with E-state index >= 15 is 0 Å². The lowest BCUT2D eigenvalue weighted by Crippen LogP contribution is -2.33. The number of pyridine rings is 2. The van der Waals surface area contributed by atoms with E-state index in [1.807, 2.05) is 49.4 Å². The first-order valence-corrected chi connectivity index (χ1v) is 9.76. The highest BCUT2D eigenvalue weighted by atomic mass is 79.9. The highest BCUT2D eigenvalue weighted by Gasteiger charge is 2.34. The summed E-state index contributed by atoms with van der Waals surface area (Å²) >= 11 is 3.46. The quantitative estimate of drug-likeness (QED) is 0.660. The van der Waals surface area contributed by atoms with Crippen molar-refractivity contribution in [2.24, 2.45) is 5.73 Å². The van der Waals surface area contributed by atoms with E-state index in [1.54, 1.807) is 16.8 Å². The lowest BCUT2D eigenvalue weighted by atomic mass is 9.84. The van der Waals surface area contributed by atoms with Gasteiger partial charge in [-0.2, -0.15) is 5.26 Å². The first-order valence-electron chi connectivity index (χ1n) is 8.97. The zero-order valence-corrected chi connectivity index (χ0v) is 17.2.